The lowest BCUT2D eigenvalue weighted by molar-refractivity contribution is 0.277. The van der Waals surface area contributed by atoms with Gasteiger partial charge in [-0.05, 0) is 0 Å². The Hall–Kier alpha value is 0.726. The fourth-order valence-electron chi connectivity index (χ4n) is 0. The van der Waals surface area contributed by atoms with Crippen molar-refractivity contribution in [2.24, 2.45) is 0 Å². The topological polar surface area (TPSA) is 9.23 Å². The summed E-state index contributed by atoms with van der Waals surface area (Å²) in [6.07, 6.45) is 0. The van der Waals surface area contributed by atoms with E-state index in [1.54, 1.807) is 14.2 Å². The van der Waals surface area contributed by atoms with Crippen molar-refractivity contribution in [3.8, 4) is 0 Å². The van der Waals surface area contributed by atoms with Gasteiger partial charge in [0.25, 0.3) is 0 Å². The molecule has 0 bridgehead atoms. The Morgan fingerprint density at radius 2 is 1.25 bits per heavy atom. The molecule has 0 spiro atoms. The number of methoxy groups -OCH3 is 1. The van der Waals surface area contributed by atoms with E-state index >= 15 is 0 Å². The minimum atomic E-state index is 0. The number of hydrogen-bond acceptors (Lipinski definition) is 1. The van der Waals surface area contributed by atoms with Gasteiger partial charge < -0.3 is 4.74 Å². The van der Waals surface area contributed by atoms with Crippen LogP contribution in [0.15, 0.2) is 0 Å². The van der Waals surface area contributed by atoms with E-state index in [4.69, 9.17) is 0 Å². The fraction of sp³-hybridized carbons (Fsp3) is 1.00. The van der Waals surface area contributed by atoms with Gasteiger partial charge in [-0.25, -0.2) is 0 Å². The first-order valence-electron chi connectivity index (χ1n) is 0.816. The van der Waals surface area contributed by atoms with Crippen LogP contribution in [0.5, 0.6) is 0 Å². The first kappa shape index (κ1) is 8.83. The van der Waals surface area contributed by atoms with E-state index < -0.39 is 0 Å². The number of hydrogen-bond donors (Lipinski definition) is 0. The van der Waals surface area contributed by atoms with Gasteiger partial charge in [-0.1, -0.05) is 0 Å². The van der Waals surface area contributed by atoms with Crippen LogP contribution in [0.3, 0.4) is 0 Å². The molecule has 0 N–H and O–H groups in total. The second-order valence-electron chi connectivity index (χ2n) is 0.408. The summed E-state index contributed by atoms with van der Waals surface area (Å²) in [5, 5.41) is 0. The zero-order valence-corrected chi connectivity index (χ0v) is 2.41. The van der Waals surface area contributed by atoms with Gasteiger partial charge in [-0.2, -0.15) is 0 Å². The zero-order chi connectivity index (χ0) is 2.71. The predicted molar refractivity (Wildman–Crippen MR) is 21.5 cm³/mol. The number of ether oxygens (including phenoxy) is 1. The summed E-state index contributed by atoms with van der Waals surface area (Å²) in [7, 11) is 3.25. The first-order valence-corrected chi connectivity index (χ1v) is 0.816. The molecule has 0 rings (SSSR count). The smallest absolute Gasteiger partial charge is 0.316 e. The summed E-state index contributed by atoms with van der Waals surface area (Å²) in [5.74, 6) is 0. The maximum Gasteiger partial charge on any atom is 0.316 e. The Kier molecular flexibility index (Phi) is 20.5. The Morgan fingerprint density at radius 1 is 1.25 bits per heavy atom. The average Bonchev–Trinajstić information content (AvgIpc) is 0.918. The fourth-order valence-corrected chi connectivity index (χ4v) is 0. The van der Waals surface area contributed by atoms with E-state index in [0.717, 1.165) is 0 Å². The molecule has 2 heteroatoms. The SMILES string of the molecule is COC.[MgH2]. The van der Waals surface area contributed by atoms with Crippen LogP contribution in [0, 0.1) is 0 Å². The lowest BCUT2D eigenvalue weighted by atomic mass is 11.6. The van der Waals surface area contributed by atoms with Crippen molar-refractivity contribution in [2.75, 3.05) is 14.2 Å². The molecule has 0 saturated heterocycles. The van der Waals surface area contributed by atoms with Crippen molar-refractivity contribution in [3.05, 3.63) is 0 Å². The second-order valence-corrected chi connectivity index (χ2v) is 0.408. The van der Waals surface area contributed by atoms with Gasteiger partial charge in [-0.15, -0.1) is 0 Å². The Labute approximate surface area is 42.5 Å². The van der Waals surface area contributed by atoms with Crippen LogP contribution in [0.4, 0.5) is 0 Å². The highest BCUT2D eigenvalue weighted by Gasteiger charge is 1.25. The van der Waals surface area contributed by atoms with E-state index in [9.17, 15) is 0 Å². The lowest BCUT2D eigenvalue weighted by Gasteiger charge is -1.61. The molecule has 1 nitrogen and oxygen atoms in total. The van der Waals surface area contributed by atoms with Crippen LogP contribution in [-0.2, 0) is 4.74 Å². The minimum absolute atomic E-state index is 0. The molecule has 4 heavy (non-hydrogen) atoms. The molecule has 0 heterocycles. The molecule has 0 unspecified atom stereocenters. The molecule has 0 radical (unpaired) electrons. The highest BCUT2D eigenvalue weighted by molar-refractivity contribution is 5.75. The quantitative estimate of drug-likeness (QED) is 0.346. The van der Waals surface area contributed by atoms with Crippen molar-refractivity contribution in [1.29, 1.82) is 0 Å². The van der Waals surface area contributed by atoms with Gasteiger partial charge in [0.1, 0.15) is 0 Å². The molecule has 0 aromatic heterocycles. The Bertz CT molecular complexity index is 6.00. The van der Waals surface area contributed by atoms with Crippen LogP contribution >= 0.6 is 0 Å². The van der Waals surface area contributed by atoms with E-state index in [0.29, 0.717) is 0 Å². The minimum Gasteiger partial charge on any atom is -0.388 e. The summed E-state index contributed by atoms with van der Waals surface area (Å²) in [4.78, 5) is 0. The van der Waals surface area contributed by atoms with E-state index in [2.05, 4.69) is 4.74 Å². The Balaban J connectivity index is 0. The molecule has 0 amide bonds. The van der Waals surface area contributed by atoms with Crippen molar-refractivity contribution in [3.63, 3.8) is 0 Å². The molecule has 0 aromatic rings. The highest BCUT2D eigenvalue weighted by atomic mass is 24.3. The van der Waals surface area contributed by atoms with Crippen LogP contribution < -0.4 is 0 Å². The molecule has 0 fully saturated rings. The third-order valence-corrected chi connectivity index (χ3v) is 0. The largest absolute Gasteiger partial charge is 0.388 e. The van der Waals surface area contributed by atoms with Crippen molar-refractivity contribution >= 4 is 23.1 Å². The van der Waals surface area contributed by atoms with Crippen LogP contribution in [0.25, 0.3) is 0 Å². The maximum atomic E-state index is 4.25. The molecule has 24 valence electrons. The number of rotatable bonds is 0. The summed E-state index contributed by atoms with van der Waals surface area (Å²) in [6, 6.07) is 0. The molecule has 0 aliphatic heterocycles. The zero-order valence-electron chi connectivity index (χ0n) is 2.41. The maximum absolute atomic E-state index is 4.25. The monoisotopic (exact) mass is 72.0 g/mol. The normalized spacial score (nSPS) is 4.50. The summed E-state index contributed by atoms with van der Waals surface area (Å²) < 4.78 is 4.25. The van der Waals surface area contributed by atoms with Crippen molar-refractivity contribution in [1.82, 2.24) is 0 Å². The van der Waals surface area contributed by atoms with E-state index in [1.165, 1.54) is 0 Å². The van der Waals surface area contributed by atoms with Crippen LogP contribution in [-0.4, -0.2) is 37.3 Å². The molecule has 0 aliphatic rings. The molecular formula is C2H8MgO. The van der Waals surface area contributed by atoms with Gasteiger partial charge >= 0.3 is 23.1 Å². The molecule has 0 atom stereocenters. The Morgan fingerprint density at radius 3 is 1.25 bits per heavy atom. The average molecular weight is 72.4 g/mol. The third-order valence-electron chi connectivity index (χ3n) is 0. The van der Waals surface area contributed by atoms with Crippen molar-refractivity contribution in [2.45, 2.75) is 0 Å². The van der Waals surface area contributed by atoms with Crippen LogP contribution in [0.2, 0.25) is 0 Å². The van der Waals surface area contributed by atoms with Crippen molar-refractivity contribution < 1.29 is 4.74 Å². The first-order chi connectivity index (χ1) is 1.41. The second kappa shape index (κ2) is 9.29. The summed E-state index contributed by atoms with van der Waals surface area (Å²) >= 11 is 0. The molecule has 0 aromatic carbocycles. The standard InChI is InChI=1S/C2H6O.Mg.2H/c1-3-2;;;/h1-2H3;;;. The summed E-state index contributed by atoms with van der Waals surface area (Å²) in [6.45, 7) is 0. The third kappa shape index (κ3) is 15.4. The van der Waals surface area contributed by atoms with Gasteiger partial charge in [-0.3, -0.25) is 0 Å². The van der Waals surface area contributed by atoms with Crippen LogP contribution in [0.1, 0.15) is 0 Å². The predicted octanol–water partition coefficient (Wildman–Crippen LogP) is -0.654. The molecule has 0 aliphatic carbocycles. The van der Waals surface area contributed by atoms with E-state index in [1.807, 2.05) is 0 Å². The molecule has 0 saturated carbocycles. The molecular weight excluding hydrogens is 64.3 g/mol. The van der Waals surface area contributed by atoms with Gasteiger partial charge in [0, 0.05) is 14.2 Å². The van der Waals surface area contributed by atoms with Gasteiger partial charge in [0.2, 0.25) is 0 Å². The van der Waals surface area contributed by atoms with Gasteiger partial charge in [0.05, 0.1) is 0 Å². The van der Waals surface area contributed by atoms with E-state index in [-0.39, 0.29) is 23.1 Å². The van der Waals surface area contributed by atoms with Gasteiger partial charge in [0.15, 0.2) is 0 Å². The lowest BCUT2D eigenvalue weighted by Crippen LogP contribution is -1.55. The highest BCUT2D eigenvalue weighted by Crippen LogP contribution is 1.28. The summed E-state index contributed by atoms with van der Waals surface area (Å²) in [5.41, 5.74) is 0.